The van der Waals surface area contributed by atoms with Crippen molar-refractivity contribution in [3.63, 3.8) is 0 Å². The van der Waals surface area contributed by atoms with E-state index in [9.17, 15) is 0 Å². The molecule has 0 spiro atoms. The molecule has 1 aliphatic carbocycles. The molecule has 0 fully saturated rings. The summed E-state index contributed by atoms with van der Waals surface area (Å²) in [7, 11) is 0. The van der Waals surface area contributed by atoms with Crippen molar-refractivity contribution in [3.05, 3.63) is 70.0 Å². The van der Waals surface area contributed by atoms with Gasteiger partial charge in [-0.25, -0.2) is 0 Å². The lowest BCUT2D eigenvalue weighted by molar-refractivity contribution is 0.423. The number of hydrogen-bond donors (Lipinski definition) is 1. The van der Waals surface area contributed by atoms with Gasteiger partial charge in [-0.15, -0.1) is 0 Å². The maximum atomic E-state index is 6.26. The summed E-state index contributed by atoms with van der Waals surface area (Å²) < 4.78 is 5.52. The third kappa shape index (κ3) is 3.22. The molecule has 3 aromatic rings. The Balaban J connectivity index is 1.61. The highest BCUT2D eigenvalue weighted by atomic mass is 16.5. The Morgan fingerprint density at radius 1 is 1.16 bits per heavy atom. The Morgan fingerprint density at radius 3 is 2.92 bits per heavy atom. The zero-order chi connectivity index (χ0) is 17.4. The summed E-state index contributed by atoms with van der Waals surface area (Å²) in [6.07, 6.45) is 3.98. The van der Waals surface area contributed by atoms with Crippen LogP contribution in [0.25, 0.3) is 11.5 Å². The molecule has 4 nitrogen and oxygen atoms in total. The highest BCUT2D eigenvalue weighted by molar-refractivity contribution is 5.56. The smallest absolute Gasteiger partial charge is 0.257 e. The highest BCUT2D eigenvalue weighted by Gasteiger charge is 2.19. The minimum atomic E-state index is 0.112. The maximum Gasteiger partial charge on any atom is 0.257 e. The van der Waals surface area contributed by atoms with Crippen LogP contribution in [-0.4, -0.2) is 10.1 Å². The van der Waals surface area contributed by atoms with E-state index in [1.54, 1.807) is 0 Å². The lowest BCUT2D eigenvalue weighted by Crippen LogP contribution is -2.17. The first kappa shape index (κ1) is 16.0. The van der Waals surface area contributed by atoms with Crippen LogP contribution < -0.4 is 5.73 Å². The Bertz CT molecular complexity index is 913. The van der Waals surface area contributed by atoms with E-state index in [4.69, 9.17) is 10.3 Å². The van der Waals surface area contributed by atoms with Gasteiger partial charge in [0.15, 0.2) is 5.82 Å². The zero-order valence-corrected chi connectivity index (χ0v) is 14.7. The van der Waals surface area contributed by atoms with Gasteiger partial charge in [0.05, 0.1) is 0 Å². The molecule has 0 saturated heterocycles. The van der Waals surface area contributed by atoms with Crippen molar-refractivity contribution in [2.24, 2.45) is 5.73 Å². The summed E-state index contributed by atoms with van der Waals surface area (Å²) in [5.41, 5.74) is 13.5. The lowest BCUT2D eigenvalue weighted by atomic mass is 9.87. The van der Waals surface area contributed by atoms with Crippen LogP contribution in [0.15, 0.2) is 40.9 Å². The van der Waals surface area contributed by atoms with Gasteiger partial charge in [-0.05, 0) is 67.5 Å². The van der Waals surface area contributed by atoms with E-state index in [1.165, 1.54) is 27.8 Å². The molecule has 0 radical (unpaired) electrons. The number of fused-ring (bicyclic) bond motifs is 1. The summed E-state index contributed by atoms with van der Waals surface area (Å²) in [6.45, 7) is 4.21. The summed E-state index contributed by atoms with van der Waals surface area (Å²) in [6, 6.07) is 12.9. The third-order valence-corrected chi connectivity index (χ3v) is 5.07. The van der Waals surface area contributed by atoms with E-state index in [-0.39, 0.29) is 6.04 Å². The normalized spacial score (nSPS) is 16.7. The average molecular weight is 333 g/mol. The van der Waals surface area contributed by atoms with E-state index >= 15 is 0 Å². The largest absolute Gasteiger partial charge is 0.334 e. The van der Waals surface area contributed by atoms with Crippen molar-refractivity contribution in [2.75, 3.05) is 0 Å². The van der Waals surface area contributed by atoms with Crippen molar-refractivity contribution >= 4 is 0 Å². The Hall–Kier alpha value is -2.46. The van der Waals surface area contributed by atoms with Crippen molar-refractivity contribution in [1.29, 1.82) is 0 Å². The SMILES string of the molecule is Cc1ccc(C)c(Cc2noc(-c3ccc4c(c3)C(N)CCC4)n2)c1. The molecule has 1 aromatic heterocycles. The van der Waals surface area contributed by atoms with Gasteiger partial charge in [-0.3, -0.25) is 0 Å². The second-order valence-corrected chi connectivity index (χ2v) is 7.03. The predicted molar refractivity (Wildman–Crippen MR) is 98.3 cm³/mol. The van der Waals surface area contributed by atoms with Crippen molar-refractivity contribution in [2.45, 2.75) is 45.6 Å². The minimum absolute atomic E-state index is 0.112. The molecule has 0 saturated carbocycles. The topological polar surface area (TPSA) is 64.9 Å². The lowest BCUT2D eigenvalue weighted by Gasteiger charge is -2.22. The van der Waals surface area contributed by atoms with Gasteiger partial charge in [0.2, 0.25) is 0 Å². The number of aryl methyl sites for hydroxylation is 3. The zero-order valence-electron chi connectivity index (χ0n) is 14.7. The molecular weight excluding hydrogens is 310 g/mol. The molecule has 1 heterocycles. The minimum Gasteiger partial charge on any atom is -0.334 e. The highest BCUT2D eigenvalue weighted by Crippen LogP contribution is 2.31. The van der Waals surface area contributed by atoms with Gasteiger partial charge >= 0.3 is 0 Å². The average Bonchev–Trinajstić information content (AvgIpc) is 3.07. The standard InChI is InChI=1S/C21H23N3O/c1-13-6-7-14(2)17(10-13)12-20-23-21(25-24-20)16-9-8-15-4-3-5-19(22)18(15)11-16/h6-11,19H,3-5,12,22H2,1-2H3. The number of hydrogen-bond acceptors (Lipinski definition) is 4. The first-order valence-electron chi connectivity index (χ1n) is 8.87. The van der Waals surface area contributed by atoms with Gasteiger partial charge in [0, 0.05) is 18.0 Å². The first-order chi connectivity index (χ1) is 12.1. The molecule has 128 valence electrons. The Labute approximate surface area is 148 Å². The summed E-state index contributed by atoms with van der Waals surface area (Å²) in [4.78, 5) is 4.60. The molecule has 0 bridgehead atoms. The molecule has 2 aromatic carbocycles. The maximum absolute atomic E-state index is 6.26. The molecule has 4 heteroatoms. The summed E-state index contributed by atoms with van der Waals surface area (Å²) in [5, 5.41) is 4.17. The first-order valence-corrected chi connectivity index (χ1v) is 8.87. The van der Waals surface area contributed by atoms with Gasteiger partial charge < -0.3 is 10.3 Å². The van der Waals surface area contributed by atoms with E-state index in [1.807, 2.05) is 0 Å². The summed E-state index contributed by atoms with van der Waals surface area (Å²) in [5.74, 6) is 1.28. The summed E-state index contributed by atoms with van der Waals surface area (Å²) >= 11 is 0. The Morgan fingerprint density at radius 2 is 2.04 bits per heavy atom. The van der Waals surface area contributed by atoms with Crippen LogP contribution in [-0.2, 0) is 12.8 Å². The van der Waals surface area contributed by atoms with Crippen LogP contribution >= 0.6 is 0 Å². The van der Waals surface area contributed by atoms with E-state index in [2.05, 4.69) is 60.4 Å². The second-order valence-electron chi connectivity index (χ2n) is 7.03. The van der Waals surface area contributed by atoms with Gasteiger partial charge in [0.25, 0.3) is 5.89 Å². The fourth-order valence-corrected chi connectivity index (χ4v) is 3.57. The quantitative estimate of drug-likeness (QED) is 0.777. The van der Waals surface area contributed by atoms with Crippen molar-refractivity contribution < 1.29 is 4.52 Å². The molecular formula is C21H23N3O. The number of benzene rings is 2. The molecule has 4 rings (SSSR count). The van der Waals surface area contributed by atoms with E-state index in [0.717, 1.165) is 24.8 Å². The van der Waals surface area contributed by atoms with Crippen molar-refractivity contribution in [3.8, 4) is 11.5 Å². The van der Waals surface area contributed by atoms with Crippen molar-refractivity contribution in [1.82, 2.24) is 10.1 Å². The van der Waals surface area contributed by atoms with Gasteiger partial charge in [-0.1, -0.05) is 35.0 Å². The van der Waals surface area contributed by atoms with Gasteiger partial charge in [-0.2, -0.15) is 4.98 Å². The molecule has 1 atom stereocenters. The van der Waals surface area contributed by atoms with Crippen LogP contribution in [0.1, 0.15) is 52.5 Å². The fourth-order valence-electron chi connectivity index (χ4n) is 3.57. The number of nitrogens with zero attached hydrogens (tertiary/aromatic N) is 2. The number of nitrogens with two attached hydrogens (primary N) is 1. The van der Waals surface area contributed by atoms with Crippen LogP contribution in [0, 0.1) is 13.8 Å². The van der Waals surface area contributed by atoms with Crippen LogP contribution in [0.5, 0.6) is 0 Å². The van der Waals surface area contributed by atoms with Crippen LogP contribution in [0.2, 0.25) is 0 Å². The van der Waals surface area contributed by atoms with E-state index in [0.29, 0.717) is 18.1 Å². The molecule has 0 aliphatic heterocycles. The second kappa shape index (κ2) is 6.45. The molecule has 25 heavy (non-hydrogen) atoms. The molecule has 1 aliphatic rings. The van der Waals surface area contributed by atoms with Gasteiger partial charge in [0.1, 0.15) is 0 Å². The van der Waals surface area contributed by atoms with E-state index < -0.39 is 0 Å². The predicted octanol–water partition coefficient (Wildman–Crippen LogP) is 4.28. The third-order valence-electron chi connectivity index (χ3n) is 5.07. The number of rotatable bonds is 3. The monoisotopic (exact) mass is 333 g/mol. The molecule has 1 unspecified atom stereocenters. The fraction of sp³-hybridized carbons (Fsp3) is 0.333. The molecule has 0 amide bonds. The number of aromatic nitrogens is 2. The van der Waals surface area contributed by atoms with Crippen LogP contribution in [0.4, 0.5) is 0 Å². The molecule has 2 N–H and O–H groups in total. The van der Waals surface area contributed by atoms with Crippen LogP contribution in [0.3, 0.4) is 0 Å². The Kier molecular flexibility index (Phi) is 4.14.